The van der Waals surface area contributed by atoms with E-state index < -0.39 is 5.54 Å². The summed E-state index contributed by atoms with van der Waals surface area (Å²) in [6.07, 6.45) is 6.84. The van der Waals surface area contributed by atoms with Gasteiger partial charge in [0, 0.05) is 0 Å². The van der Waals surface area contributed by atoms with Crippen molar-refractivity contribution in [1.29, 1.82) is 0 Å². The van der Waals surface area contributed by atoms with Crippen LogP contribution in [-0.4, -0.2) is 25.1 Å². The molecule has 0 amide bonds. The Hall–Kier alpha value is -2.13. The van der Waals surface area contributed by atoms with Gasteiger partial charge in [0.15, 0.2) is 0 Å². The molecule has 0 aliphatic heterocycles. The molecule has 104 valence electrons. The van der Waals surface area contributed by atoms with E-state index in [0.717, 1.165) is 31.4 Å². The smallest absolute Gasteiger partial charge is 0.254 e. The van der Waals surface area contributed by atoms with Gasteiger partial charge in [-0.05, 0) is 19.8 Å². The lowest BCUT2D eigenvalue weighted by Gasteiger charge is -2.27. The maximum absolute atomic E-state index is 6.33. The zero-order chi connectivity index (χ0) is 14.2. The molecule has 3 rings (SSSR count). The first-order valence-electron chi connectivity index (χ1n) is 6.87. The van der Waals surface area contributed by atoms with Crippen LogP contribution in [-0.2, 0) is 0 Å². The lowest BCUT2D eigenvalue weighted by atomic mass is 9.83. The lowest BCUT2D eigenvalue weighted by molar-refractivity contribution is 0.370. The molecule has 0 aromatic carbocycles. The molecule has 20 heavy (non-hydrogen) atoms. The first-order valence-corrected chi connectivity index (χ1v) is 6.87. The van der Waals surface area contributed by atoms with E-state index in [2.05, 4.69) is 26.9 Å². The summed E-state index contributed by atoms with van der Waals surface area (Å²) in [6, 6.07) is 0. The van der Waals surface area contributed by atoms with Gasteiger partial charge in [0.2, 0.25) is 0 Å². The van der Waals surface area contributed by atoms with Crippen molar-refractivity contribution in [2.75, 3.05) is 5.73 Å². The number of aromatic nitrogens is 4. The Labute approximate surface area is 117 Å². The minimum Gasteiger partial charge on any atom is -0.382 e. The van der Waals surface area contributed by atoms with E-state index in [1.54, 1.807) is 0 Å². The molecule has 0 spiro atoms. The average molecular weight is 270 g/mol. The molecule has 0 radical (unpaired) electrons. The van der Waals surface area contributed by atoms with E-state index in [0.29, 0.717) is 17.2 Å². The van der Waals surface area contributed by atoms with Gasteiger partial charge in [0.05, 0.1) is 16.8 Å². The molecule has 2 aromatic heterocycles. The van der Waals surface area contributed by atoms with Crippen LogP contribution in [0.1, 0.15) is 43.4 Å². The van der Waals surface area contributed by atoms with Crippen molar-refractivity contribution in [3.63, 3.8) is 0 Å². The van der Waals surface area contributed by atoms with Crippen LogP contribution in [0.2, 0.25) is 0 Å². The first-order chi connectivity index (χ1) is 9.59. The minimum absolute atomic E-state index is 0.394. The third-order valence-electron chi connectivity index (χ3n) is 3.83. The number of hydrogen-bond acceptors (Lipinski definition) is 5. The molecular formula is C14H18N6. The Kier molecular flexibility index (Phi) is 3.07. The summed E-state index contributed by atoms with van der Waals surface area (Å²) < 4.78 is 1.50. The molecule has 0 unspecified atom stereocenters. The number of rotatable bonds is 0. The van der Waals surface area contributed by atoms with Crippen LogP contribution in [0.15, 0.2) is 6.33 Å². The quantitative estimate of drug-likeness (QED) is 0.697. The predicted molar refractivity (Wildman–Crippen MR) is 76.8 cm³/mol. The molecule has 1 saturated carbocycles. The second-order valence-corrected chi connectivity index (χ2v) is 5.40. The molecule has 1 fully saturated rings. The van der Waals surface area contributed by atoms with Gasteiger partial charge < -0.3 is 11.5 Å². The number of anilines is 1. The second-order valence-electron chi connectivity index (χ2n) is 5.40. The van der Waals surface area contributed by atoms with E-state index in [1.807, 2.05) is 6.92 Å². The van der Waals surface area contributed by atoms with Crippen LogP contribution in [0, 0.1) is 18.8 Å². The third kappa shape index (κ3) is 2.21. The predicted octanol–water partition coefficient (Wildman–Crippen LogP) is 1.03. The molecule has 1 aliphatic carbocycles. The Morgan fingerprint density at radius 1 is 1.30 bits per heavy atom. The first kappa shape index (κ1) is 12.9. The van der Waals surface area contributed by atoms with E-state index in [4.69, 9.17) is 11.5 Å². The fourth-order valence-corrected chi connectivity index (χ4v) is 2.63. The Morgan fingerprint density at radius 3 is 2.80 bits per heavy atom. The van der Waals surface area contributed by atoms with Crippen molar-refractivity contribution in [2.45, 2.75) is 44.6 Å². The topological polar surface area (TPSA) is 95.1 Å². The largest absolute Gasteiger partial charge is 0.382 e. The summed E-state index contributed by atoms with van der Waals surface area (Å²) >= 11 is 0. The van der Waals surface area contributed by atoms with E-state index in [9.17, 15) is 0 Å². The zero-order valence-electron chi connectivity index (χ0n) is 11.6. The van der Waals surface area contributed by atoms with Crippen LogP contribution in [0.3, 0.4) is 0 Å². The van der Waals surface area contributed by atoms with Crippen molar-refractivity contribution in [3.8, 4) is 11.8 Å². The Bertz CT molecular complexity index is 700. The maximum atomic E-state index is 6.33. The van der Waals surface area contributed by atoms with Crippen molar-refractivity contribution < 1.29 is 0 Å². The highest BCUT2D eigenvalue weighted by Gasteiger charge is 2.25. The zero-order valence-corrected chi connectivity index (χ0v) is 11.6. The average Bonchev–Trinajstić information content (AvgIpc) is 2.87. The van der Waals surface area contributed by atoms with Gasteiger partial charge in [-0.1, -0.05) is 31.1 Å². The van der Waals surface area contributed by atoms with Gasteiger partial charge in [-0.25, -0.2) is 4.98 Å². The number of nitrogen functional groups attached to an aromatic ring is 1. The molecule has 0 saturated heterocycles. The molecule has 2 heterocycles. The summed E-state index contributed by atoms with van der Waals surface area (Å²) in [6.45, 7) is 1.87. The van der Waals surface area contributed by atoms with Crippen molar-refractivity contribution in [3.05, 3.63) is 17.6 Å². The Morgan fingerprint density at radius 2 is 2.05 bits per heavy atom. The minimum atomic E-state index is -0.394. The molecule has 1 aliphatic rings. The van der Waals surface area contributed by atoms with E-state index >= 15 is 0 Å². The van der Waals surface area contributed by atoms with Crippen LogP contribution in [0.25, 0.3) is 5.78 Å². The molecule has 2 aromatic rings. The van der Waals surface area contributed by atoms with Gasteiger partial charge in [-0.3, -0.25) is 0 Å². The fourth-order valence-electron chi connectivity index (χ4n) is 2.63. The van der Waals surface area contributed by atoms with E-state index in [1.165, 1.54) is 17.3 Å². The summed E-state index contributed by atoms with van der Waals surface area (Å²) in [5.74, 6) is 7.28. The molecule has 0 bridgehead atoms. The Balaban J connectivity index is 2.02. The number of nitrogens with two attached hydrogens (primary N) is 2. The van der Waals surface area contributed by atoms with Crippen molar-refractivity contribution >= 4 is 11.6 Å². The highest BCUT2D eigenvalue weighted by atomic mass is 15.3. The van der Waals surface area contributed by atoms with Gasteiger partial charge in [0.25, 0.3) is 5.78 Å². The fraction of sp³-hybridized carbons (Fsp3) is 0.500. The highest BCUT2D eigenvalue weighted by molar-refractivity contribution is 5.57. The number of fused-ring (bicyclic) bond motifs is 1. The summed E-state index contributed by atoms with van der Waals surface area (Å²) in [4.78, 5) is 8.38. The van der Waals surface area contributed by atoms with Crippen LogP contribution in [0.5, 0.6) is 0 Å². The number of aryl methyl sites for hydroxylation is 1. The molecule has 6 nitrogen and oxygen atoms in total. The maximum Gasteiger partial charge on any atom is 0.254 e. The van der Waals surface area contributed by atoms with Gasteiger partial charge >= 0.3 is 0 Å². The molecule has 0 atom stereocenters. The number of nitrogens with zero attached hydrogens (tertiary/aromatic N) is 4. The highest BCUT2D eigenvalue weighted by Crippen LogP contribution is 2.25. The monoisotopic (exact) mass is 270 g/mol. The normalized spacial score (nSPS) is 17.7. The lowest BCUT2D eigenvalue weighted by Crippen LogP contribution is -2.40. The summed E-state index contributed by atoms with van der Waals surface area (Å²) in [5.41, 5.74) is 13.5. The summed E-state index contributed by atoms with van der Waals surface area (Å²) in [7, 11) is 0. The van der Waals surface area contributed by atoms with Gasteiger partial charge in [0.1, 0.15) is 12.1 Å². The van der Waals surface area contributed by atoms with Crippen LogP contribution < -0.4 is 11.5 Å². The van der Waals surface area contributed by atoms with Gasteiger partial charge in [-0.15, -0.1) is 0 Å². The van der Waals surface area contributed by atoms with Gasteiger partial charge in [-0.2, -0.15) is 14.6 Å². The molecule has 6 heteroatoms. The second kappa shape index (κ2) is 4.76. The summed E-state index contributed by atoms with van der Waals surface area (Å²) in [5, 5.41) is 4.05. The number of hydrogen-bond donors (Lipinski definition) is 2. The SMILES string of the molecule is Cc1nc2ncnn2c(N)c1C#CC1(N)CCCCC1. The van der Waals surface area contributed by atoms with Crippen molar-refractivity contribution in [1.82, 2.24) is 19.6 Å². The third-order valence-corrected chi connectivity index (χ3v) is 3.83. The molecular weight excluding hydrogens is 252 g/mol. The van der Waals surface area contributed by atoms with E-state index in [-0.39, 0.29) is 0 Å². The standard InChI is InChI=1S/C14H18N6/c1-10-11(5-8-14(16)6-3-2-4-7-14)12(15)20-13(19-10)17-9-18-20/h9H,2-4,6-7,15-16H2,1H3. The van der Waals surface area contributed by atoms with Crippen LogP contribution >= 0.6 is 0 Å². The molecule has 4 N–H and O–H groups in total. The van der Waals surface area contributed by atoms with Crippen LogP contribution in [0.4, 0.5) is 5.82 Å². The van der Waals surface area contributed by atoms with Crippen molar-refractivity contribution in [2.24, 2.45) is 5.73 Å².